The van der Waals surface area contributed by atoms with Crippen LogP contribution in [0.15, 0.2) is 42.4 Å². The number of amidine groups is 2. The van der Waals surface area contributed by atoms with Crippen LogP contribution in [0.1, 0.15) is 38.3 Å². The summed E-state index contributed by atoms with van der Waals surface area (Å²) in [7, 11) is -1.38. The predicted octanol–water partition coefficient (Wildman–Crippen LogP) is 3.38. The van der Waals surface area contributed by atoms with Gasteiger partial charge in [0.25, 0.3) is 11.2 Å². The molecular weight excluding hydrogens is 490 g/mol. The van der Waals surface area contributed by atoms with Crippen LogP contribution in [-0.4, -0.2) is 47.8 Å². The number of hydrogen-bond donors (Lipinski definition) is 3. The van der Waals surface area contributed by atoms with Crippen molar-refractivity contribution >= 4 is 50.2 Å². The maximum Gasteiger partial charge on any atom is 0.269 e. The van der Waals surface area contributed by atoms with Gasteiger partial charge >= 0.3 is 0 Å². The first-order chi connectivity index (χ1) is 15.2. The molecule has 0 bridgehead atoms. The third-order valence-corrected chi connectivity index (χ3v) is 7.83. The highest BCUT2D eigenvalue weighted by molar-refractivity contribution is 7.89. The molecule has 1 unspecified atom stereocenters. The van der Waals surface area contributed by atoms with Crippen LogP contribution >= 0.6 is 11.6 Å². The number of rotatable bonds is 5. The van der Waals surface area contributed by atoms with Crippen molar-refractivity contribution in [2.24, 2.45) is 14.2 Å². The van der Waals surface area contributed by atoms with Gasteiger partial charge in [-0.05, 0) is 36.6 Å². The smallest absolute Gasteiger partial charge is 0.269 e. The van der Waals surface area contributed by atoms with Gasteiger partial charge in [-0.3, -0.25) is 0 Å². The Balaban J connectivity index is 1.96. The van der Waals surface area contributed by atoms with E-state index in [9.17, 15) is 17.7 Å². The number of hydrogen-bond acceptors (Lipinski definition) is 7. The summed E-state index contributed by atoms with van der Waals surface area (Å²) >= 11 is 4.16. The summed E-state index contributed by atoms with van der Waals surface area (Å²) in [6.45, 7) is 7.84. The molecule has 1 aromatic carbocycles. The lowest BCUT2D eigenvalue weighted by atomic mass is 9.85. The van der Waals surface area contributed by atoms with Gasteiger partial charge in [0, 0.05) is 14.1 Å². The normalized spacial score (nSPS) is 17.6. The minimum absolute atomic E-state index is 0.00752. The van der Waals surface area contributed by atoms with E-state index in [4.69, 9.17) is 16.0 Å². The van der Waals surface area contributed by atoms with Gasteiger partial charge in [-0.2, -0.15) is 0 Å². The summed E-state index contributed by atoms with van der Waals surface area (Å²) < 4.78 is 52.1. The molecule has 0 saturated carbocycles. The quantitative estimate of drug-likeness (QED) is 0.519. The van der Waals surface area contributed by atoms with E-state index in [1.807, 2.05) is 39.8 Å². The maximum absolute atomic E-state index is 12.6. The number of phenolic OH excluding ortho intramolecular Hbond substituents is 1. The number of aryl methyl sites for hydroxylation is 1. The molecule has 1 aromatic heterocycles. The molecule has 1 aliphatic heterocycles. The molecule has 0 spiro atoms. The van der Waals surface area contributed by atoms with Crippen molar-refractivity contribution in [3.63, 3.8) is 0 Å². The van der Waals surface area contributed by atoms with Crippen molar-refractivity contribution in [1.29, 1.82) is 0 Å². The molecule has 2 heterocycles. The lowest BCUT2D eigenvalue weighted by Gasteiger charge is -2.30. The van der Waals surface area contributed by atoms with Crippen LogP contribution in [-0.2, 0) is 21.2 Å². The van der Waals surface area contributed by atoms with Crippen LogP contribution in [0, 0.1) is 12.3 Å². The Labute approximate surface area is 200 Å². The zero-order chi connectivity index (χ0) is 24.7. The highest BCUT2D eigenvalue weighted by Gasteiger charge is 2.33. The maximum atomic E-state index is 12.6. The number of aromatic hydroxyl groups is 1. The number of anilines is 1. The molecule has 1 aliphatic rings. The lowest BCUT2D eigenvalue weighted by molar-refractivity contribution is 0.261. The van der Waals surface area contributed by atoms with Crippen molar-refractivity contribution in [2.45, 2.75) is 38.6 Å². The fourth-order valence-corrected chi connectivity index (χ4v) is 5.21. The van der Waals surface area contributed by atoms with Crippen LogP contribution in [0.25, 0.3) is 0 Å². The van der Waals surface area contributed by atoms with Crippen LogP contribution in [0.4, 0.5) is 5.69 Å². The Hall–Kier alpha value is -2.41. The van der Waals surface area contributed by atoms with E-state index in [1.54, 1.807) is 0 Å². The minimum atomic E-state index is -4.04. The van der Waals surface area contributed by atoms with E-state index >= 15 is 0 Å². The summed E-state index contributed by atoms with van der Waals surface area (Å²) in [5, 5.41) is 16.6. The molecule has 13 heteroatoms. The first-order valence-electron chi connectivity index (χ1n) is 9.85. The molecule has 3 N–H and O–H groups in total. The number of sulfonamides is 1. The van der Waals surface area contributed by atoms with Crippen molar-refractivity contribution in [3.05, 3.63) is 40.8 Å². The SMILES string of the molecule is Cc1ccc([C@H](NC2=NS(=O)N=C2Nc2ccc(Cl)c(S(=O)(=O)N(C)C)c2O)C(C)(C)C)o1. The van der Waals surface area contributed by atoms with Crippen molar-refractivity contribution in [2.75, 3.05) is 19.4 Å². The van der Waals surface area contributed by atoms with Crippen molar-refractivity contribution < 1.29 is 22.2 Å². The van der Waals surface area contributed by atoms with E-state index in [2.05, 4.69) is 19.4 Å². The van der Waals surface area contributed by atoms with E-state index in [0.717, 1.165) is 10.1 Å². The van der Waals surface area contributed by atoms with E-state index in [0.29, 0.717) is 5.76 Å². The number of nitrogens with one attached hydrogen (secondary N) is 2. The Morgan fingerprint density at radius 2 is 1.79 bits per heavy atom. The second kappa shape index (κ2) is 9.09. The highest BCUT2D eigenvalue weighted by Crippen LogP contribution is 2.38. The molecule has 0 saturated heterocycles. The van der Waals surface area contributed by atoms with E-state index in [1.165, 1.54) is 26.2 Å². The van der Waals surface area contributed by atoms with Gasteiger partial charge in [0.15, 0.2) is 17.4 Å². The molecule has 2 atom stereocenters. The van der Waals surface area contributed by atoms with Crippen LogP contribution < -0.4 is 10.6 Å². The minimum Gasteiger partial charge on any atom is -0.504 e. The lowest BCUT2D eigenvalue weighted by Crippen LogP contribution is -2.41. The molecule has 0 fully saturated rings. The zero-order valence-corrected chi connectivity index (χ0v) is 21.4. The molecule has 0 amide bonds. The van der Waals surface area contributed by atoms with Gasteiger partial charge in [-0.25, -0.2) is 16.9 Å². The number of benzene rings is 1. The third kappa shape index (κ3) is 5.24. The average Bonchev–Trinajstić information content (AvgIpc) is 3.25. The van der Waals surface area contributed by atoms with E-state index in [-0.39, 0.29) is 33.8 Å². The second-order valence-corrected chi connectivity index (χ2v) is 12.0. The van der Waals surface area contributed by atoms with Crippen molar-refractivity contribution in [3.8, 4) is 5.75 Å². The number of halogens is 1. The van der Waals surface area contributed by atoms with Gasteiger partial charge in [0.1, 0.15) is 16.4 Å². The monoisotopic (exact) mass is 515 g/mol. The standard InChI is InChI=1S/C20H26ClN5O5S2/c1-11-7-10-14(31-11)17(20(2,3)4)23-19-18(24-32(28)25-19)22-13-9-8-12(21)16(15(13)27)33(29,30)26(5)6/h7-10,17,27H,1-6H3,(H,22,24)(H,23,25)/t17-,32?/m0/s1. The topological polar surface area (TPSA) is 137 Å². The fraction of sp³-hybridized carbons (Fsp3) is 0.400. The fourth-order valence-electron chi connectivity index (χ4n) is 3.10. The molecule has 0 radical (unpaired) electrons. The first kappa shape index (κ1) is 25.2. The van der Waals surface area contributed by atoms with Gasteiger partial charge in [0.05, 0.1) is 16.8 Å². The Kier molecular flexibility index (Phi) is 6.94. The molecule has 180 valence electrons. The van der Waals surface area contributed by atoms with Crippen LogP contribution in [0.3, 0.4) is 0 Å². The van der Waals surface area contributed by atoms with Crippen LogP contribution in [0.2, 0.25) is 5.02 Å². The van der Waals surface area contributed by atoms with Gasteiger partial charge in [0.2, 0.25) is 10.0 Å². The molecule has 3 rings (SSSR count). The Morgan fingerprint density at radius 1 is 1.15 bits per heavy atom. The second-order valence-electron chi connectivity index (χ2n) is 8.69. The van der Waals surface area contributed by atoms with Gasteiger partial charge in [-0.1, -0.05) is 32.4 Å². The average molecular weight is 516 g/mol. The molecular formula is C20H26ClN5O5S2. The number of furan rings is 1. The van der Waals surface area contributed by atoms with Gasteiger partial charge < -0.3 is 20.2 Å². The van der Waals surface area contributed by atoms with E-state index < -0.39 is 31.8 Å². The number of nitrogens with zero attached hydrogens (tertiary/aromatic N) is 3. The third-order valence-electron chi connectivity index (χ3n) is 4.83. The largest absolute Gasteiger partial charge is 0.504 e. The summed E-state index contributed by atoms with van der Waals surface area (Å²) in [6, 6.07) is 6.06. The number of phenols is 1. The Morgan fingerprint density at radius 3 is 2.33 bits per heavy atom. The summed E-state index contributed by atoms with van der Waals surface area (Å²) in [5.74, 6) is 1.05. The summed E-state index contributed by atoms with van der Waals surface area (Å²) in [4.78, 5) is -0.455. The predicted molar refractivity (Wildman–Crippen MR) is 129 cm³/mol. The zero-order valence-electron chi connectivity index (χ0n) is 19.0. The molecule has 0 aliphatic carbocycles. The van der Waals surface area contributed by atoms with Gasteiger partial charge in [-0.15, -0.1) is 8.80 Å². The summed E-state index contributed by atoms with van der Waals surface area (Å²) in [6.07, 6.45) is 0. The van der Waals surface area contributed by atoms with Crippen LogP contribution in [0.5, 0.6) is 5.75 Å². The Bertz CT molecular complexity index is 1260. The highest BCUT2D eigenvalue weighted by atomic mass is 35.5. The van der Waals surface area contributed by atoms with Crippen molar-refractivity contribution in [1.82, 2.24) is 9.62 Å². The molecule has 33 heavy (non-hydrogen) atoms. The summed E-state index contributed by atoms with van der Waals surface area (Å²) in [5.41, 5.74) is -0.315. The first-order valence-corrected chi connectivity index (χ1v) is 12.7. The molecule has 2 aromatic rings. The molecule has 10 nitrogen and oxygen atoms in total.